The van der Waals surface area contributed by atoms with Gasteiger partial charge in [-0.2, -0.15) is 0 Å². The molecule has 0 saturated carbocycles. The van der Waals surface area contributed by atoms with E-state index >= 15 is 0 Å². The fourth-order valence-corrected chi connectivity index (χ4v) is 2.37. The summed E-state index contributed by atoms with van der Waals surface area (Å²) in [6.07, 6.45) is 0.800. The van der Waals surface area contributed by atoms with Crippen LogP contribution in [0.25, 0.3) is 0 Å². The zero-order chi connectivity index (χ0) is 19.8. The molecule has 0 bridgehead atoms. The van der Waals surface area contributed by atoms with Crippen molar-refractivity contribution in [2.45, 2.75) is 39.2 Å². The standard InChI is InChI=1S/C19H23N3O5/c1-12-11-17(22-27-12)21-19(25)13(2)20-18(24)6-4-5-16(23)14-7-9-15(26-3)10-8-14/h7-11,13H,4-6H2,1-3H3,(H,20,24)(H,21,22,25)/t13-/m1/s1. The summed E-state index contributed by atoms with van der Waals surface area (Å²) in [6.45, 7) is 3.28. The van der Waals surface area contributed by atoms with Gasteiger partial charge in [-0.1, -0.05) is 5.16 Å². The van der Waals surface area contributed by atoms with E-state index in [-0.39, 0.29) is 24.5 Å². The highest BCUT2D eigenvalue weighted by atomic mass is 16.5. The first-order chi connectivity index (χ1) is 12.9. The van der Waals surface area contributed by atoms with Crippen LogP contribution in [0.1, 0.15) is 42.3 Å². The molecule has 2 rings (SSSR count). The molecular formula is C19H23N3O5. The second-order valence-electron chi connectivity index (χ2n) is 6.11. The lowest BCUT2D eigenvalue weighted by Gasteiger charge is -2.12. The third kappa shape index (κ3) is 6.25. The van der Waals surface area contributed by atoms with Crippen molar-refractivity contribution in [3.63, 3.8) is 0 Å². The molecule has 1 aromatic carbocycles. The van der Waals surface area contributed by atoms with Crippen molar-refractivity contribution >= 4 is 23.4 Å². The molecule has 1 atom stereocenters. The number of benzene rings is 1. The lowest BCUT2D eigenvalue weighted by Crippen LogP contribution is -2.41. The number of hydrogen-bond donors (Lipinski definition) is 2. The summed E-state index contributed by atoms with van der Waals surface area (Å²) in [4.78, 5) is 36.1. The lowest BCUT2D eigenvalue weighted by atomic mass is 10.1. The maximum absolute atomic E-state index is 12.1. The van der Waals surface area contributed by atoms with E-state index in [1.807, 2.05) is 0 Å². The molecule has 0 saturated heterocycles. The molecule has 2 amide bonds. The normalized spacial score (nSPS) is 11.5. The molecule has 0 fully saturated rings. The van der Waals surface area contributed by atoms with Crippen molar-refractivity contribution in [1.29, 1.82) is 0 Å². The number of carbonyl (C=O) groups excluding carboxylic acids is 3. The predicted octanol–water partition coefficient (Wildman–Crippen LogP) is 2.49. The van der Waals surface area contributed by atoms with E-state index in [4.69, 9.17) is 9.26 Å². The minimum Gasteiger partial charge on any atom is -0.497 e. The summed E-state index contributed by atoms with van der Waals surface area (Å²) < 4.78 is 9.91. The van der Waals surface area contributed by atoms with Crippen LogP contribution in [0.4, 0.5) is 5.82 Å². The molecule has 0 spiro atoms. The van der Waals surface area contributed by atoms with Gasteiger partial charge in [-0.15, -0.1) is 0 Å². The number of carbonyl (C=O) groups is 3. The molecule has 0 unspecified atom stereocenters. The topological polar surface area (TPSA) is 111 Å². The number of ketones is 1. The number of rotatable bonds is 9. The maximum Gasteiger partial charge on any atom is 0.247 e. The molecule has 0 radical (unpaired) electrons. The van der Waals surface area contributed by atoms with Crippen LogP contribution in [0.3, 0.4) is 0 Å². The van der Waals surface area contributed by atoms with Gasteiger partial charge < -0.3 is 19.9 Å². The van der Waals surface area contributed by atoms with Crippen LogP contribution < -0.4 is 15.4 Å². The minimum absolute atomic E-state index is 0.0438. The summed E-state index contributed by atoms with van der Waals surface area (Å²) in [5, 5.41) is 8.81. The van der Waals surface area contributed by atoms with Crippen molar-refractivity contribution < 1.29 is 23.6 Å². The van der Waals surface area contributed by atoms with E-state index < -0.39 is 11.9 Å². The molecule has 1 aromatic heterocycles. The highest BCUT2D eigenvalue weighted by Crippen LogP contribution is 2.14. The third-order valence-corrected chi connectivity index (χ3v) is 3.87. The van der Waals surface area contributed by atoms with Gasteiger partial charge >= 0.3 is 0 Å². The molecule has 1 heterocycles. The summed E-state index contributed by atoms with van der Waals surface area (Å²) in [7, 11) is 1.56. The lowest BCUT2D eigenvalue weighted by molar-refractivity contribution is -0.126. The highest BCUT2D eigenvalue weighted by molar-refractivity contribution is 5.97. The molecule has 144 valence electrons. The summed E-state index contributed by atoms with van der Waals surface area (Å²) >= 11 is 0. The molecule has 2 aromatic rings. The Morgan fingerprint density at radius 3 is 2.48 bits per heavy atom. The van der Waals surface area contributed by atoms with Crippen LogP contribution in [0.2, 0.25) is 0 Å². The maximum atomic E-state index is 12.1. The van der Waals surface area contributed by atoms with Gasteiger partial charge in [0.25, 0.3) is 0 Å². The Kier molecular flexibility index (Phi) is 7.10. The zero-order valence-electron chi connectivity index (χ0n) is 15.6. The number of amides is 2. The Labute approximate surface area is 157 Å². The first-order valence-corrected chi connectivity index (χ1v) is 8.60. The van der Waals surface area contributed by atoms with Crippen LogP contribution in [0.5, 0.6) is 5.75 Å². The van der Waals surface area contributed by atoms with Gasteiger partial charge in [0, 0.05) is 24.5 Å². The van der Waals surface area contributed by atoms with Crippen molar-refractivity contribution in [2.24, 2.45) is 0 Å². The Morgan fingerprint density at radius 2 is 1.89 bits per heavy atom. The largest absolute Gasteiger partial charge is 0.497 e. The number of ether oxygens (including phenoxy) is 1. The average molecular weight is 373 g/mol. The molecule has 0 aliphatic carbocycles. The van der Waals surface area contributed by atoms with E-state index in [1.54, 1.807) is 51.3 Å². The molecule has 27 heavy (non-hydrogen) atoms. The van der Waals surface area contributed by atoms with Crippen LogP contribution in [0.15, 0.2) is 34.9 Å². The zero-order valence-corrected chi connectivity index (χ0v) is 15.6. The fourth-order valence-electron chi connectivity index (χ4n) is 2.37. The first-order valence-electron chi connectivity index (χ1n) is 8.60. The smallest absolute Gasteiger partial charge is 0.247 e. The van der Waals surface area contributed by atoms with Crippen molar-refractivity contribution in [1.82, 2.24) is 10.5 Å². The Hall–Kier alpha value is -3.16. The number of aryl methyl sites for hydroxylation is 1. The van der Waals surface area contributed by atoms with Crippen LogP contribution in [-0.2, 0) is 9.59 Å². The van der Waals surface area contributed by atoms with E-state index in [2.05, 4.69) is 15.8 Å². The number of Topliss-reactive ketones (excluding diaryl/α,β-unsaturated/α-hetero) is 1. The van der Waals surface area contributed by atoms with Crippen molar-refractivity contribution in [2.75, 3.05) is 12.4 Å². The van der Waals surface area contributed by atoms with Gasteiger partial charge in [-0.05, 0) is 44.5 Å². The quantitative estimate of drug-likeness (QED) is 0.654. The van der Waals surface area contributed by atoms with Crippen molar-refractivity contribution in [3.8, 4) is 5.75 Å². The van der Waals surface area contributed by atoms with Gasteiger partial charge in [-0.25, -0.2) is 0 Å². The number of nitrogens with zero attached hydrogens (tertiary/aromatic N) is 1. The van der Waals surface area contributed by atoms with E-state index in [9.17, 15) is 14.4 Å². The third-order valence-electron chi connectivity index (χ3n) is 3.87. The summed E-state index contributed by atoms with van der Waals surface area (Å²) in [5.41, 5.74) is 0.576. The summed E-state index contributed by atoms with van der Waals surface area (Å²) in [5.74, 6) is 0.811. The van der Waals surface area contributed by atoms with Crippen LogP contribution >= 0.6 is 0 Å². The monoisotopic (exact) mass is 373 g/mol. The van der Waals surface area contributed by atoms with Gasteiger partial charge in [0.15, 0.2) is 11.6 Å². The summed E-state index contributed by atoms with van der Waals surface area (Å²) in [6, 6.07) is 7.68. The van der Waals surface area contributed by atoms with Gasteiger partial charge in [0.1, 0.15) is 17.6 Å². The minimum atomic E-state index is -0.730. The van der Waals surface area contributed by atoms with E-state index in [0.29, 0.717) is 29.3 Å². The number of anilines is 1. The number of methoxy groups -OCH3 is 1. The Balaban J connectivity index is 1.71. The number of hydrogen-bond acceptors (Lipinski definition) is 6. The second-order valence-corrected chi connectivity index (χ2v) is 6.11. The molecule has 0 aliphatic heterocycles. The number of nitrogens with one attached hydrogen (secondary N) is 2. The Morgan fingerprint density at radius 1 is 1.19 bits per heavy atom. The molecular weight excluding hydrogens is 350 g/mol. The van der Waals surface area contributed by atoms with Crippen molar-refractivity contribution in [3.05, 3.63) is 41.7 Å². The van der Waals surface area contributed by atoms with Gasteiger partial charge in [0.05, 0.1) is 7.11 Å². The Bertz CT molecular complexity index is 798. The average Bonchev–Trinajstić information content (AvgIpc) is 3.06. The van der Waals surface area contributed by atoms with E-state index in [0.717, 1.165) is 0 Å². The van der Waals surface area contributed by atoms with Crippen LogP contribution in [0, 0.1) is 6.92 Å². The molecule has 2 N–H and O–H groups in total. The molecule has 8 nitrogen and oxygen atoms in total. The molecule has 0 aliphatic rings. The predicted molar refractivity (Wildman–Crippen MR) is 98.6 cm³/mol. The van der Waals surface area contributed by atoms with Gasteiger partial charge in [0.2, 0.25) is 11.8 Å². The highest BCUT2D eigenvalue weighted by Gasteiger charge is 2.17. The fraction of sp³-hybridized carbons (Fsp3) is 0.368. The number of aromatic nitrogens is 1. The second kappa shape index (κ2) is 9.51. The van der Waals surface area contributed by atoms with Crippen LogP contribution in [-0.4, -0.2) is 35.9 Å². The van der Waals surface area contributed by atoms with E-state index in [1.165, 1.54) is 0 Å². The first kappa shape index (κ1) is 20.2. The SMILES string of the molecule is COc1ccc(C(=O)CCCC(=O)N[C@H](C)C(=O)Nc2cc(C)on2)cc1. The van der Waals surface area contributed by atoms with Gasteiger partial charge in [-0.3, -0.25) is 14.4 Å². The molecule has 8 heteroatoms.